The first-order valence-electron chi connectivity index (χ1n) is 4.42. The Hall–Kier alpha value is 0.350. The fourth-order valence-electron chi connectivity index (χ4n) is 1.67. The molecule has 0 bridgehead atoms. The van der Waals surface area contributed by atoms with E-state index in [2.05, 4.69) is 17.1 Å². The van der Waals surface area contributed by atoms with Gasteiger partial charge in [-0.1, -0.05) is 8.73 Å². The molecule has 1 fully saturated rings. The van der Waals surface area contributed by atoms with Crippen molar-refractivity contribution in [3.05, 3.63) is 0 Å². The Labute approximate surface area is 71.4 Å². The van der Waals surface area contributed by atoms with Gasteiger partial charge in [0.2, 0.25) is 0 Å². The van der Waals surface area contributed by atoms with Crippen molar-refractivity contribution < 1.29 is 0 Å². The molecule has 2 nitrogen and oxygen atoms in total. The van der Waals surface area contributed by atoms with Crippen LogP contribution in [0.25, 0.3) is 0 Å². The maximum atomic E-state index is 3.44. The van der Waals surface area contributed by atoms with Gasteiger partial charge in [-0.2, -0.15) is 0 Å². The summed E-state index contributed by atoms with van der Waals surface area (Å²) in [5.41, 5.74) is 0. The average molecular weight is 174 g/mol. The van der Waals surface area contributed by atoms with Gasteiger partial charge in [-0.05, 0) is 44.9 Å². The Morgan fingerprint density at radius 1 is 1.27 bits per heavy atom. The highest BCUT2D eigenvalue weighted by Crippen LogP contribution is 2.33. The molecular formula is C8H19N2P. The van der Waals surface area contributed by atoms with Gasteiger partial charge < -0.3 is 5.32 Å². The lowest BCUT2D eigenvalue weighted by molar-refractivity contribution is 0.178. The van der Waals surface area contributed by atoms with Gasteiger partial charge in [-0.3, -0.25) is 5.09 Å². The second-order valence-corrected chi connectivity index (χ2v) is 4.14. The third-order valence-corrected chi connectivity index (χ3v) is 3.14. The molecule has 0 saturated heterocycles. The van der Waals surface area contributed by atoms with Crippen molar-refractivity contribution in [2.75, 3.05) is 26.8 Å². The molecule has 3 atom stereocenters. The lowest BCUT2D eigenvalue weighted by Crippen LogP contribution is -2.38. The smallest absolute Gasteiger partial charge is 0.00193 e. The van der Waals surface area contributed by atoms with Crippen LogP contribution in [-0.2, 0) is 0 Å². The van der Waals surface area contributed by atoms with Crippen LogP contribution < -0.4 is 10.4 Å². The van der Waals surface area contributed by atoms with Gasteiger partial charge in [-0.15, -0.1) is 0 Å². The molecule has 2 N–H and O–H groups in total. The number of hydrogen-bond acceptors (Lipinski definition) is 2. The fourth-order valence-corrected chi connectivity index (χ4v) is 2.14. The molecule has 11 heavy (non-hydrogen) atoms. The maximum absolute atomic E-state index is 3.44. The molecule has 1 aliphatic rings. The summed E-state index contributed by atoms with van der Waals surface area (Å²) < 4.78 is 0. The van der Waals surface area contributed by atoms with E-state index in [1.54, 1.807) is 0 Å². The second-order valence-electron chi connectivity index (χ2n) is 3.29. The van der Waals surface area contributed by atoms with E-state index in [-0.39, 0.29) is 0 Å². The van der Waals surface area contributed by atoms with E-state index in [4.69, 9.17) is 0 Å². The molecule has 0 radical (unpaired) electrons. The second kappa shape index (κ2) is 5.08. The summed E-state index contributed by atoms with van der Waals surface area (Å²) in [6.45, 7) is 4.65. The number of rotatable bonds is 5. The van der Waals surface area contributed by atoms with Crippen molar-refractivity contribution in [1.29, 1.82) is 0 Å². The molecule has 3 heteroatoms. The summed E-state index contributed by atoms with van der Waals surface area (Å²) >= 11 is 0. The van der Waals surface area contributed by atoms with E-state index in [1.807, 2.05) is 7.05 Å². The standard InChI is InChI=1S/C8H19N2P/c1-9-5-7-3-4-8(7)6-10-11-2/h7-11H,3-6H2,1-2H3. The van der Waals surface area contributed by atoms with Crippen LogP contribution in [0.3, 0.4) is 0 Å². The van der Waals surface area contributed by atoms with Crippen molar-refractivity contribution in [2.45, 2.75) is 12.8 Å². The minimum absolute atomic E-state index is 0.909. The van der Waals surface area contributed by atoms with Crippen LogP contribution in [0.15, 0.2) is 0 Å². The largest absolute Gasteiger partial charge is 0.319 e. The topological polar surface area (TPSA) is 24.1 Å². The number of hydrogen-bond donors (Lipinski definition) is 2. The zero-order valence-electron chi connectivity index (χ0n) is 7.48. The molecule has 0 spiro atoms. The Balaban J connectivity index is 2.05. The van der Waals surface area contributed by atoms with Gasteiger partial charge in [0.25, 0.3) is 0 Å². The third-order valence-electron chi connectivity index (χ3n) is 2.58. The zero-order chi connectivity index (χ0) is 8.10. The Morgan fingerprint density at radius 2 is 1.91 bits per heavy atom. The van der Waals surface area contributed by atoms with Gasteiger partial charge in [-0.25, -0.2) is 0 Å². The maximum Gasteiger partial charge on any atom is 0.00193 e. The Kier molecular flexibility index (Phi) is 4.36. The van der Waals surface area contributed by atoms with E-state index >= 15 is 0 Å². The van der Waals surface area contributed by atoms with Gasteiger partial charge in [0.05, 0.1) is 0 Å². The predicted octanol–water partition coefficient (Wildman–Crippen LogP) is 1.04. The van der Waals surface area contributed by atoms with Crippen molar-refractivity contribution >= 4 is 8.73 Å². The summed E-state index contributed by atoms with van der Waals surface area (Å²) in [6.07, 6.45) is 2.86. The van der Waals surface area contributed by atoms with E-state index in [1.165, 1.54) is 25.9 Å². The molecular weight excluding hydrogens is 155 g/mol. The van der Waals surface area contributed by atoms with Crippen LogP contribution in [0.4, 0.5) is 0 Å². The van der Waals surface area contributed by atoms with E-state index in [0.717, 1.165) is 20.6 Å². The van der Waals surface area contributed by atoms with Gasteiger partial charge in [0.1, 0.15) is 0 Å². The Bertz CT molecular complexity index is 108. The van der Waals surface area contributed by atoms with E-state index in [9.17, 15) is 0 Å². The highest BCUT2D eigenvalue weighted by Gasteiger charge is 2.29. The molecule has 0 aromatic heterocycles. The van der Waals surface area contributed by atoms with Crippen LogP contribution >= 0.6 is 8.73 Å². The molecule has 66 valence electrons. The summed E-state index contributed by atoms with van der Waals surface area (Å²) in [4.78, 5) is 0. The van der Waals surface area contributed by atoms with Gasteiger partial charge in [0.15, 0.2) is 0 Å². The van der Waals surface area contributed by atoms with Gasteiger partial charge in [0, 0.05) is 6.54 Å². The Morgan fingerprint density at radius 3 is 2.36 bits per heavy atom. The van der Waals surface area contributed by atoms with Crippen LogP contribution in [0.1, 0.15) is 12.8 Å². The SMILES string of the molecule is CNCC1CCC1CNPC. The molecule has 0 aliphatic heterocycles. The van der Waals surface area contributed by atoms with Crippen LogP contribution in [-0.4, -0.2) is 26.8 Å². The quantitative estimate of drug-likeness (QED) is 0.609. The first-order chi connectivity index (χ1) is 5.38. The van der Waals surface area contributed by atoms with Crippen LogP contribution in [0.2, 0.25) is 0 Å². The molecule has 0 aromatic rings. The predicted molar refractivity (Wildman–Crippen MR) is 52.4 cm³/mol. The first kappa shape index (κ1) is 9.44. The molecule has 1 saturated carbocycles. The van der Waals surface area contributed by atoms with Gasteiger partial charge >= 0.3 is 0 Å². The molecule has 0 heterocycles. The van der Waals surface area contributed by atoms with E-state index in [0.29, 0.717) is 0 Å². The fraction of sp³-hybridized carbons (Fsp3) is 1.00. The number of nitrogens with one attached hydrogen (secondary N) is 2. The molecule has 0 amide bonds. The monoisotopic (exact) mass is 174 g/mol. The summed E-state index contributed by atoms with van der Waals surface area (Å²) in [7, 11) is 2.95. The summed E-state index contributed by atoms with van der Waals surface area (Å²) in [5, 5.41) is 6.69. The van der Waals surface area contributed by atoms with Crippen LogP contribution in [0, 0.1) is 11.8 Å². The minimum Gasteiger partial charge on any atom is -0.319 e. The lowest BCUT2D eigenvalue weighted by Gasteiger charge is -2.36. The highest BCUT2D eigenvalue weighted by molar-refractivity contribution is 7.34. The molecule has 3 unspecified atom stereocenters. The normalized spacial score (nSPS) is 31.1. The summed E-state index contributed by atoms with van der Waals surface area (Å²) in [5.74, 6) is 1.90. The average Bonchev–Trinajstić information content (AvgIpc) is 1.99. The first-order valence-corrected chi connectivity index (χ1v) is 5.92. The van der Waals surface area contributed by atoms with E-state index < -0.39 is 0 Å². The highest BCUT2D eigenvalue weighted by atomic mass is 31.1. The molecule has 1 rings (SSSR count). The lowest BCUT2D eigenvalue weighted by atomic mass is 9.74. The zero-order valence-corrected chi connectivity index (χ0v) is 8.48. The minimum atomic E-state index is 0.909. The third kappa shape index (κ3) is 2.70. The van der Waals surface area contributed by atoms with Crippen molar-refractivity contribution in [2.24, 2.45) is 11.8 Å². The summed E-state index contributed by atoms with van der Waals surface area (Å²) in [6, 6.07) is 0. The van der Waals surface area contributed by atoms with Crippen molar-refractivity contribution in [3.63, 3.8) is 0 Å². The van der Waals surface area contributed by atoms with Crippen LogP contribution in [0.5, 0.6) is 0 Å². The van der Waals surface area contributed by atoms with Crippen molar-refractivity contribution in [1.82, 2.24) is 10.4 Å². The van der Waals surface area contributed by atoms with Crippen molar-refractivity contribution in [3.8, 4) is 0 Å². The molecule has 0 aromatic carbocycles. The molecule has 1 aliphatic carbocycles.